The van der Waals surface area contributed by atoms with Gasteiger partial charge in [0.2, 0.25) is 5.91 Å². The number of aryl methyl sites for hydroxylation is 1. The van der Waals surface area contributed by atoms with E-state index in [4.69, 9.17) is 10.5 Å². The lowest BCUT2D eigenvalue weighted by Crippen LogP contribution is -2.46. The molecule has 0 bridgehead atoms. The van der Waals surface area contributed by atoms with E-state index < -0.39 is 0 Å². The van der Waals surface area contributed by atoms with Crippen molar-refractivity contribution in [3.8, 4) is 5.75 Å². The standard InChI is InChI=1S/C20H24N2O2.ClH/c1-13-9-10-17-18(11-13)24-14(2)12-22(17)20(23)15(3)19(21)16-7-5-4-6-8-16;/h4-11,14-15,19H,12,21H2,1-3H3;1H. The highest BCUT2D eigenvalue weighted by Crippen LogP contribution is 2.36. The molecule has 1 heterocycles. The Morgan fingerprint density at radius 3 is 2.60 bits per heavy atom. The summed E-state index contributed by atoms with van der Waals surface area (Å²) in [7, 11) is 0. The molecule has 25 heavy (non-hydrogen) atoms. The minimum absolute atomic E-state index is 0. The highest BCUT2D eigenvalue weighted by Gasteiger charge is 2.33. The summed E-state index contributed by atoms with van der Waals surface area (Å²) in [6.07, 6.45) is -0.0385. The lowest BCUT2D eigenvalue weighted by molar-refractivity contribution is -0.123. The molecule has 5 heteroatoms. The van der Waals surface area contributed by atoms with Gasteiger partial charge in [0, 0.05) is 6.04 Å². The summed E-state index contributed by atoms with van der Waals surface area (Å²) >= 11 is 0. The average Bonchev–Trinajstić information content (AvgIpc) is 2.59. The number of benzene rings is 2. The molecule has 1 amide bonds. The van der Waals surface area contributed by atoms with Gasteiger partial charge in [-0.05, 0) is 37.1 Å². The molecular formula is C20H25ClN2O2. The van der Waals surface area contributed by atoms with Crippen molar-refractivity contribution in [1.29, 1.82) is 0 Å². The van der Waals surface area contributed by atoms with E-state index in [2.05, 4.69) is 0 Å². The highest BCUT2D eigenvalue weighted by atomic mass is 35.5. The Bertz CT molecular complexity index is 736. The Morgan fingerprint density at radius 2 is 1.92 bits per heavy atom. The lowest BCUT2D eigenvalue weighted by atomic mass is 9.93. The summed E-state index contributed by atoms with van der Waals surface area (Å²) in [4.78, 5) is 14.9. The lowest BCUT2D eigenvalue weighted by Gasteiger charge is -2.36. The number of hydrogen-bond donors (Lipinski definition) is 1. The maximum atomic E-state index is 13.1. The van der Waals surface area contributed by atoms with E-state index in [1.807, 2.05) is 74.2 Å². The average molecular weight is 361 g/mol. The van der Waals surface area contributed by atoms with Crippen molar-refractivity contribution >= 4 is 24.0 Å². The van der Waals surface area contributed by atoms with E-state index >= 15 is 0 Å². The van der Waals surface area contributed by atoms with Crippen LogP contribution in [0.15, 0.2) is 48.5 Å². The minimum atomic E-state index is -0.328. The number of hydrogen-bond acceptors (Lipinski definition) is 3. The smallest absolute Gasteiger partial charge is 0.231 e. The second-order valence-electron chi connectivity index (χ2n) is 6.57. The molecule has 0 saturated heterocycles. The van der Waals surface area contributed by atoms with Crippen molar-refractivity contribution in [3.05, 3.63) is 59.7 Å². The third kappa shape index (κ3) is 3.97. The van der Waals surface area contributed by atoms with Gasteiger partial charge in [0.05, 0.1) is 18.2 Å². The molecule has 2 N–H and O–H groups in total. The van der Waals surface area contributed by atoms with Crippen LogP contribution in [-0.2, 0) is 4.79 Å². The van der Waals surface area contributed by atoms with Gasteiger partial charge in [0.25, 0.3) is 0 Å². The van der Waals surface area contributed by atoms with Gasteiger partial charge in [-0.1, -0.05) is 43.3 Å². The predicted octanol–water partition coefficient (Wildman–Crippen LogP) is 3.87. The number of nitrogens with two attached hydrogens (primary N) is 1. The number of carbonyl (C=O) groups excluding carboxylic acids is 1. The van der Waals surface area contributed by atoms with Gasteiger partial charge in [-0.25, -0.2) is 0 Å². The molecule has 0 fully saturated rings. The molecule has 1 aliphatic heterocycles. The molecular weight excluding hydrogens is 336 g/mol. The first-order valence-corrected chi connectivity index (χ1v) is 8.36. The van der Waals surface area contributed by atoms with Crippen LogP contribution in [0.3, 0.4) is 0 Å². The maximum Gasteiger partial charge on any atom is 0.231 e. The zero-order chi connectivity index (χ0) is 17.3. The van der Waals surface area contributed by atoms with Gasteiger partial charge in [0.15, 0.2) is 0 Å². The molecule has 2 aromatic rings. The van der Waals surface area contributed by atoms with Crippen molar-refractivity contribution in [3.63, 3.8) is 0 Å². The van der Waals surface area contributed by atoms with E-state index in [0.29, 0.717) is 6.54 Å². The fourth-order valence-electron chi connectivity index (χ4n) is 3.12. The summed E-state index contributed by atoms with van der Waals surface area (Å²) < 4.78 is 5.89. The fourth-order valence-corrected chi connectivity index (χ4v) is 3.12. The van der Waals surface area contributed by atoms with E-state index in [0.717, 1.165) is 22.6 Å². The first-order valence-electron chi connectivity index (χ1n) is 8.36. The van der Waals surface area contributed by atoms with Crippen molar-refractivity contribution < 1.29 is 9.53 Å². The summed E-state index contributed by atoms with van der Waals surface area (Å²) in [6.45, 7) is 6.44. The van der Waals surface area contributed by atoms with Crippen LogP contribution < -0.4 is 15.4 Å². The Morgan fingerprint density at radius 1 is 1.24 bits per heavy atom. The highest BCUT2D eigenvalue weighted by molar-refractivity contribution is 5.97. The van der Waals surface area contributed by atoms with Gasteiger partial charge in [-0.2, -0.15) is 0 Å². The number of rotatable bonds is 3. The zero-order valence-electron chi connectivity index (χ0n) is 14.8. The van der Waals surface area contributed by atoms with E-state index in [1.54, 1.807) is 0 Å². The molecule has 2 aromatic carbocycles. The van der Waals surface area contributed by atoms with Crippen LogP contribution in [0, 0.1) is 12.8 Å². The summed E-state index contributed by atoms with van der Waals surface area (Å²) in [5.41, 5.74) is 9.27. The third-order valence-corrected chi connectivity index (χ3v) is 4.55. The topological polar surface area (TPSA) is 55.6 Å². The number of halogens is 1. The second-order valence-corrected chi connectivity index (χ2v) is 6.57. The van der Waals surface area contributed by atoms with Crippen LogP contribution >= 0.6 is 12.4 Å². The van der Waals surface area contributed by atoms with Crippen LogP contribution in [0.1, 0.15) is 31.0 Å². The van der Waals surface area contributed by atoms with Crippen LogP contribution in [0.2, 0.25) is 0 Å². The molecule has 3 rings (SSSR count). The van der Waals surface area contributed by atoms with Gasteiger partial charge in [-0.3, -0.25) is 4.79 Å². The monoisotopic (exact) mass is 360 g/mol. The summed E-state index contributed by atoms with van der Waals surface area (Å²) in [5, 5.41) is 0. The quantitative estimate of drug-likeness (QED) is 0.904. The molecule has 3 unspecified atom stereocenters. The molecule has 0 spiro atoms. The van der Waals surface area contributed by atoms with Crippen LogP contribution in [0.4, 0.5) is 5.69 Å². The first-order chi connectivity index (χ1) is 11.5. The van der Waals surface area contributed by atoms with Crippen molar-refractivity contribution in [2.24, 2.45) is 11.7 Å². The number of fused-ring (bicyclic) bond motifs is 1. The van der Waals surface area contributed by atoms with E-state index in [-0.39, 0.29) is 36.4 Å². The zero-order valence-corrected chi connectivity index (χ0v) is 15.6. The largest absolute Gasteiger partial charge is 0.487 e. The normalized spacial score (nSPS) is 18.4. The van der Waals surface area contributed by atoms with E-state index in [9.17, 15) is 4.79 Å². The fraction of sp³-hybridized carbons (Fsp3) is 0.350. The molecule has 134 valence electrons. The van der Waals surface area contributed by atoms with Gasteiger partial charge in [-0.15, -0.1) is 12.4 Å². The number of amides is 1. The molecule has 0 aromatic heterocycles. The number of carbonyl (C=O) groups is 1. The Hall–Kier alpha value is -2.04. The van der Waals surface area contributed by atoms with Crippen molar-refractivity contribution in [2.45, 2.75) is 32.9 Å². The van der Waals surface area contributed by atoms with Gasteiger partial charge < -0.3 is 15.4 Å². The first kappa shape index (κ1) is 19.3. The van der Waals surface area contributed by atoms with Crippen molar-refractivity contribution in [2.75, 3.05) is 11.4 Å². The minimum Gasteiger partial charge on any atom is -0.487 e. The Balaban J connectivity index is 0.00000225. The predicted molar refractivity (Wildman–Crippen MR) is 103 cm³/mol. The molecule has 4 nitrogen and oxygen atoms in total. The third-order valence-electron chi connectivity index (χ3n) is 4.55. The van der Waals surface area contributed by atoms with Crippen LogP contribution in [-0.4, -0.2) is 18.6 Å². The summed E-state index contributed by atoms with van der Waals surface area (Å²) in [5.74, 6) is 0.487. The van der Waals surface area contributed by atoms with Gasteiger partial charge in [0.1, 0.15) is 11.9 Å². The van der Waals surface area contributed by atoms with Crippen molar-refractivity contribution in [1.82, 2.24) is 0 Å². The molecule has 3 atom stereocenters. The van der Waals surface area contributed by atoms with Crippen LogP contribution in [0.25, 0.3) is 0 Å². The summed E-state index contributed by atoms with van der Waals surface area (Å²) in [6, 6.07) is 15.4. The molecule has 0 saturated carbocycles. The van der Waals surface area contributed by atoms with Crippen LogP contribution in [0.5, 0.6) is 5.75 Å². The SMILES string of the molecule is Cc1ccc2c(c1)OC(C)CN2C(=O)C(C)C(N)c1ccccc1.Cl. The Kier molecular flexibility index (Phi) is 6.09. The molecule has 1 aliphatic rings. The number of nitrogens with zero attached hydrogens (tertiary/aromatic N) is 1. The maximum absolute atomic E-state index is 13.1. The van der Waals surface area contributed by atoms with E-state index in [1.165, 1.54) is 0 Å². The molecule has 0 radical (unpaired) electrons. The number of ether oxygens (including phenoxy) is 1. The Labute approximate surface area is 155 Å². The number of anilines is 1. The second kappa shape index (κ2) is 7.89. The van der Waals surface area contributed by atoms with Gasteiger partial charge >= 0.3 is 0 Å². The molecule has 0 aliphatic carbocycles.